The Morgan fingerprint density at radius 1 is 1.43 bits per heavy atom. The Labute approximate surface area is 122 Å². The Kier molecular flexibility index (Phi) is 4.21. The Morgan fingerprint density at radius 3 is 2.81 bits per heavy atom. The van der Waals surface area contributed by atoms with E-state index in [2.05, 4.69) is 10.1 Å². The average Bonchev–Trinajstić information content (AvgIpc) is 2.72. The van der Waals surface area contributed by atoms with Crippen LogP contribution in [-0.4, -0.2) is 50.2 Å². The molecule has 7 heteroatoms. The summed E-state index contributed by atoms with van der Waals surface area (Å²) in [6, 6.07) is 1.78. The Balaban J connectivity index is 2.15. The van der Waals surface area contributed by atoms with Crippen molar-refractivity contribution in [3.8, 4) is 0 Å². The molecule has 1 amide bonds. The van der Waals surface area contributed by atoms with Crippen molar-refractivity contribution in [2.24, 2.45) is 7.05 Å². The van der Waals surface area contributed by atoms with E-state index >= 15 is 0 Å². The number of aryl methyl sites for hydroxylation is 2. The van der Waals surface area contributed by atoms with Gasteiger partial charge in [-0.25, -0.2) is 4.98 Å². The van der Waals surface area contributed by atoms with Crippen LogP contribution >= 0.6 is 0 Å². The molecule has 1 N–H and O–H groups in total. The standard InChI is InChI=1S/C14H18N4O3/c1-9-11-7-10(8-15-13(11)18(3)16-9)14(21)17(2)6-4-5-12(19)20/h7-8H,4-6H2,1-3H3,(H,19,20). The number of hydrogen-bond donors (Lipinski definition) is 1. The molecule has 0 atom stereocenters. The van der Waals surface area contributed by atoms with Gasteiger partial charge in [0.15, 0.2) is 5.65 Å². The number of carbonyl (C=O) groups excluding carboxylic acids is 1. The van der Waals surface area contributed by atoms with Crippen LogP contribution in [0.4, 0.5) is 0 Å². The fourth-order valence-electron chi connectivity index (χ4n) is 2.21. The van der Waals surface area contributed by atoms with Crippen LogP contribution < -0.4 is 0 Å². The molecule has 0 radical (unpaired) electrons. The molecule has 0 aliphatic rings. The zero-order valence-electron chi connectivity index (χ0n) is 12.3. The van der Waals surface area contributed by atoms with Gasteiger partial charge in [-0.05, 0) is 19.4 Å². The maximum atomic E-state index is 12.3. The van der Waals surface area contributed by atoms with Gasteiger partial charge < -0.3 is 10.0 Å². The van der Waals surface area contributed by atoms with Gasteiger partial charge in [0.1, 0.15) is 0 Å². The molecule has 0 aliphatic carbocycles. The van der Waals surface area contributed by atoms with Gasteiger partial charge in [0.25, 0.3) is 5.91 Å². The second kappa shape index (κ2) is 5.90. The van der Waals surface area contributed by atoms with Crippen molar-refractivity contribution in [2.75, 3.05) is 13.6 Å². The number of nitrogens with zero attached hydrogens (tertiary/aromatic N) is 4. The molecule has 0 saturated heterocycles. The van der Waals surface area contributed by atoms with E-state index < -0.39 is 5.97 Å². The molecule has 0 aliphatic heterocycles. The lowest BCUT2D eigenvalue weighted by atomic mass is 10.2. The number of aromatic nitrogens is 3. The SMILES string of the molecule is Cc1nn(C)c2ncc(C(=O)N(C)CCCC(=O)O)cc12. The molecule has 0 spiro atoms. The minimum Gasteiger partial charge on any atom is -0.481 e. The third-order valence-corrected chi connectivity index (χ3v) is 3.34. The number of hydrogen-bond acceptors (Lipinski definition) is 4. The van der Waals surface area contributed by atoms with Gasteiger partial charge >= 0.3 is 5.97 Å². The highest BCUT2D eigenvalue weighted by molar-refractivity contribution is 5.97. The summed E-state index contributed by atoms with van der Waals surface area (Å²) in [4.78, 5) is 28.6. The molecule has 2 aromatic heterocycles. The lowest BCUT2D eigenvalue weighted by Crippen LogP contribution is -2.28. The molecule has 0 unspecified atom stereocenters. The second-order valence-corrected chi connectivity index (χ2v) is 5.03. The van der Waals surface area contributed by atoms with Gasteiger partial charge in [-0.2, -0.15) is 5.10 Å². The summed E-state index contributed by atoms with van der Waals surface area (Å²) in [7, 11) is 3.46. The van der Waals surface area contributed by atoms with Crippen LogP contribution in [0.3, 0.4) is 0 Å². The Hall–Kier alpha value is -2.44. The fourth-order valence-corrected chi connectivity index (χ4v) is 2.21. The number of carboxylic acids is 1. The molecule has 0 aromatic carbocycles. The normalized spacial score (nSPS) is 10.8. The van der Waals surface area contributed by atoms with Gasteiger partial charge in [-0.3, -0.25) is 14.3 Å². The van der Waals surface area contributed by atoms with Crippen LogP contribution in [0.1, 0.15) is 28.9 Å². The quantitative estimate of drug-likeness (QED) is 0.894. The first kappa shape index (κ1) is 15.0. The van der Waals surface area contributed by atoms with E-state index in [-0.39, 0.29) is 12.3 Å². The zero-order valence-corrected chi connectivity index (χ0v) is 12.3. The summed E-state index contributed by atoms with van der Waals surface area (Å²) in [5, 5.41) is 13.7. The third kappa shape index (κ3) is 3.18. The van der Waals surface area contributed by atoms with Crippen molar-refractivity contribution in [3.63, 3.8) is 0 Å². The number of pyridine rings is 1. The first-order valence-electron chi connectivity index (χ1n) is 6.66. The Morgan fingerprint density at radius 2 is 2.14 bits per heavy atom. The highest BCUT2D eigenvalue weighted by Crippen LogP contribution is 2.17. The molecule has 0 fully saturated rings. The lowest BCUT2D eigenvalue weighted by molar-refractivity contribution is -0.137. The number of carbonyl (C=O) groups is 2. The molecule has 21 heavy (non-hydrogen) atoms. The van der Waals surface area contributed by atoms with E-state index in [9.17, 15) is 9.59 Å². The molecular weight excluding hydrogens is 272 g/mol. The van der Waals surface area contributed by atoms with E-state index in [1.54, 1.807) is 17.8 Å². The molecule has 2 heterocycles. The van der Waals surface area contributed by atoms with Crippen molar-refractivity contribution in [1.82, 2.24) is 19.7 Å². The predicted molar refractivity (Wildman–Crippen MR) is 77.1 cm³/mol. The average molecular weight is 290 g/mol. The molecule has 0 saturated carbocycles. The van der Waals surface area contributed by atoms with Crippen LogP contribution in [0.5, 0.6) is 0 Å². The van der Waals surface area contributed by atoms with Crippen molar-refractivity contribution in [1.29, 1.82) is 0 Å². The van der Waals surface area contributed by atoms with E-state index in [0.29, 0.717) is 18.5 Å². The van der Waals surface area contributed by atoms with E-state index in [1.807, 2.05) is 14.0 Å². The smallest absolute Gasteiger partial charge is 0.303 e. The number of aliphatic carboxylic acids is 1. The number of rotatable bonds is 5. The van der Waals surface area contributed by atoms with Crippen LogP contribution in [0.15, 0.2) is 12.3 Å². The summed E-state index contributed by atoms with van der Waals surface area (Å²) in [6.07, 6.45) is 2.01. The highest BCUT2D eigenvalue weighted by Gasteiger charge is 2.15. The van der Waals surface area contributed by atoms with E-state index in [1.165, 1.54) is 11.1 Å². The van der Waals surface area contributed by atoms with Gasteiger partial charge in [-0.1, -0.05) is 0 Å². The molecule has 7 nitrogen and oxygen atoms in total. The van der Waals surface area contributed by atoms with Gasteiger partial charge in [0.2, 0.25) is 0 Å². The summed E-state index contributed by atoms with van der Waals surface area (Å²) in [6.45, 7) is 2.27. The molecule has 2 aromatic rings. The lowest BCUT2D eigenvalue weighted by Gasteiger charge is -2.16. The molecular formula is C14H18N4O3. The largest absolute Gasteiger partial charge is 0.481 e. The van der Waals surface area contributed by atoms with Crippen molar-refractivity contribution < 1.29 is 14.7 Å². The highest BCUT2D eigenvalue weighted by atomic mass is 16.4. The van der Waals surface area contributed by atoms with Crippen LogP contribution in [-0.2, 0) is 11.8 Å². The maximum absolute atomic E-state index is 12.3. The third-order valence-electron chi connectivity index (χ3n) is 3.34. The van der Waals surface area contributed by atoms with E-state index in [0.717, 1.165) is 16.7 Å². The van der Waals surface area contributed by atoms with Crippen molar-refractivity contribution in [3.05, 3.63) is 23.5 Å². The zero-order chi connectivity index (χ0) is 15.6. The van der Waals surface area contributed by atoms with Crippen molar-refractivity contribution >= 4 is 22.9 Å². The summed E-state index contributed by atoms with van der Waals surface area (Å²) < 4.78 is 1.68. The minimum absolute atomic E-state index is 0.0522. The Bertz CT molecular complexity index is 693. The van der Waals surface area contributed by atoms with Gasteiger partial charge in [0, 0.05) is 38.6 Å². The van der Waals surface area contributed by atoms with Crippen LogP contribution in [0.25, 0.3) is 11.0 Å². The fraction of sp³-hybridized carbons (Fsp3) is 0.429. The molecule has 0 bridgehead atoms. The first-order valence-corrected chi connectivity index (χ1v) is 6.66. The number of fused-ring (bicyclic) bond motifs is 1. The maximum Gasteiger partial charge on any atom is 0.303 e. The summed E-state index contributed by atoms with van der Waals surface area (Å²) in [5.41, 5.74) is 2.04. The summed E-state index contributed by atoms with van der Waals surface area (Å²) >= 11 is 0. The molecule has 112 valence electrons. The van der Waals surface area contributed by atoms with Gasteiger partial charge in [0.05, 0.1) is 11.3 Å². The van der Waals surface area contributed by atoms with E-state index in [4.69, 9.17) is 5.11 Å². The summed E-state index contributed by atoms with van der Waals surface area (Å²) in [5.74, 6) is -1.03. The van der Waals surface area contributed by atoms with Crippen LogP contribution in [0.2, 0.25) is 0 Å². The molecule has 2 rings (SSSR count). The first-order chi connectivity index (χ1) is 9.90. The number of carboxylic acid groups (broad SMARTS) is 1. The van der Waals surface area contributed by atoms with Gasteiger partial charge in [-0.15, -0.1) is 0 Å². The van der Waals surface area contributed by atoms with Crippen LogP contribution in [0, 0.1) is 6.92 Å². The van der Waals surface area contributed by atoms with Crippen molar-refractivity contribution in [2.45, 2.75) is 19.8 Å². The second-order valence-electron chi connectivity index (χ2n) is 5.03. The monoisotopic (exact) mass is 290 g/mol. The topological polar surface area (TPSA) is 88.3 Å². The predicted octanol–water partition coefficient (Wildman–Crippen LogP) is 1.21. The minimum atomic E-state index is -0.857. The number of amides is 1.